The van der Waals surface area contributed by atoms with E-state index in [1.807, 2.05) is 0 Å². The smallest absolute Gasteiger partial charge is 0.00160 e. The predicted molar refractivity (Wildman–Crippen MR) is 58.9 cm³/mol. The van der Waals surface area contributed by atoms with Crippen molar-refractivity contribution in [1.29, 1.82) is 0 Å². The van der Waals surface area contributed by atoms with Crippen LogP contribution in [0.5, 0.6) is 0 Å². The van der Waals surface area contributed by atoms with E-state index in [0.29, 0.717) is 0 Å². The summed E-state index contributed by atoms with van der Waals surface area (Å²) in [4.78, 5) is 2.55. The zero-order chi connectivity index (χ0) is 9.52. The minimum Gasteiger partial charge on any atom is -0.303 e. The van der Waals surface area contributed by atoms with E-state index in [1.54, 1.807) is 0 Å². The molecule has 1 aliphatic heterocycles. The van der Waals surface area contributed by atoms with Crippen LogP contribution in [0, 0.1) is 0 Å². The summed E-state index contributed by atoms with van der Waals surface area (Å²) < 4.78 is 0. The molecule has 0 amide bonds. The van der Waals surface area contributed by atoms with Gasteiger partial charge in [-0.05, 0) is 46.2 Å². The van der Waals surface area contributed by atoms with Crippen LogP contribution in [0.4, 0.5) is 0 Å². The van der Waals surface area contributed by atoms with Gasteiger partial charge >= 0.3 is 0 Å². The fraction of sp³-hybridized carbons (Fsp3) is 0.667. The molecule has 74 valence electrons. The number of hydrogen-bond donors (Lipinski definition) is 0. The molecule has 0 aliphatic carbocycles. The van der Waals surface area contributed by atoms with E-state index in [4.69, 9.17) is 0 Å². The molecule has 1 aliphatic rings. The van der Waals surface area contributed by atoms with Crippen molar-refractivity contribution >= 4 is 0 Å². The van der Waals surface area contributed by atoms with Crippen LogP contribution in [0.25, 0.3) is 0 Å². The van der Waals surface area contributed by atoms with Crippen molar-refractivity contribution in [3.05, 3.63) is 23.8 Å². The third-order valence-corrected chi connectivity index (χ3v) is 2.65. The maximum absolute atomic E-state index is 2.55. The van der Waals surface area contributed by atoms with Crippen molar-refractivity contribution in [3.63, 3.8) is 0 Å². The van der Waals surface area contributed by atoms with Gasteiger partial charge in [-0.3, -0.25) is 0 Å². The number of likely N-dealkylation sites (tertiary alicyclic amines) is 1. The fourth-order valence-corrected chi connectivity index (χ4v) is 1.63. The number of hydrogen-bond acceptors (Lipinski definition) is 1. The molecular weight excluding hydrogens is 158 g/mol. The molecule has 1 rings (SSSR count). The summed E-state index contributed by atoms with van der Waals surface area (Å²) in [5.41, 5.74) is 1.36. The van der Waals surface area contributed by atoms with E-state index >= 15 is 0 Å². The molecule has 0 aromatic carbocycles. The summed E-state index contributed by atoms with van der Waals surface area (Å²) in [5.74, 6) is 0. The van der Waals surface area contributed by atoms with Gasteiger partial charge in [-0.1, -0.05) is 23.8 Å². The van der Waals surface area contributed by atoms with Gasteiger partial charge in [0.15, 0.2) is 0 Å². The van der Waals surface area contributed by atoms with Crippen molar-refractivity contribution in [2.24, 2.45) is 0 Å². The molecule has 0 aromatic heterocycles. The van der Waals surface area contributed by atoms with Gasteiger partial charge in [0.05, 0.1) is 0 Å². The number of nitrogens with zero attached hydrogens (tertiary/aromatic N) is 1. The van der Waals surface area contributed by atoms with E-state index in [1.165, 1.54) is 44.5 Å². The first kappa shape index (κ1) is 10.5. The lowest BCUT2D eigenvalue weighted by atomic mass is 10.2. The molecule has 0 atom stereocenters. The Hall–Kier alpha value is -0.560. The molecule has 13 heavy (non-hydrogen) atoms. The lowest BCUT2D eigenvalue weighted by Gasteiger charge is -2.11. The first-order valence-electron chi connectivity index (χ1n) is 5.34. The summed E-state index contributed by atoms with van der Waals surface area (Å²) in [6, 6.07) is 0. The lowest BCUT2D eigenvalue weighted by molar-refractivity contribution is 0.346. The van der Waals surface area contributed by atoms with Crippen LogP contribution < -0.4 is 0 Å². The molecule has 1 saturated heterocycles. The second-order valence-corrected chi connectivity index (χ2v) is 3.77. The Bertz CT molecular complexity index is 185. The first-order chi connectivity index (χ1) is 6.33. The highest BCUT2D eigenvalue weighted by atomic mass is 15.1. The van der Waals surface area contributed by atoms with Crippen LogP contribution in [-0.2, 0) is 0 Å². The predicted octanol–water partition coefficient (Wildman–Crippen LogP) is 2.99. The SMILES string of the molecule is C/C=C(C)\C=C/CCN1CCCC1. The Kier molecular flexibility index (Phi) is 4.84. The van der Waals surface area contributed by atoms with Crippen LogP contribution in [-0.4, -0.2) is 24.5 Å². The van der Waals surface area contributed by atoms with Crippen LogP contribution in [0.15, 0.2) is 23.8 Å². The van der Waals surface area contributed by atoms with E-state index < -0.39 is 0 Å². The second-order valence-electron chi connectivity index (χ2n) is 3.77. The molecule has 0 radical (unpaired) electrons. The summed E-state index contributed by atoms with van der Waals surface area (Å²) in [5, 5.41) is 0. The van der Waals surface area contributed by atoms with Gasteiger partial charge < -0.3 is 4.90 Å². The second kappa shape index (κ2) is 5.98. The minimum atomic E-state index is 1.20. The summed E-state index contributed by atoms with van der Waals surface area (Å²) >= 11 is 0. The number of rotatable bonds is 4. The quantitative estimate of drug-likeness (QED) is 0.600. The largest absolute Gasteiger partial charge is 0.303 e. The number of allylic oxidation sites excluding steroid dienone is 3. The zero-order valence-corrected chi connectivity index (χ0v) is 8.92. The highest BCUT2D eigenvalue weighted by Crippen LogP contribution is 2.07. The van der Waals surface area contributed by atoms with Crippen LogP contribution >= 0.6 is 0 Å². The van der Waals surface area contributed by atoms with Crippen molar-refractivity contribution < 1.29 is 0 Å². The average Bonchev–Trinajstić information content (AvgIpc) is 2.64. The Morgan fingerprint density at radius 3 is 2.62 bits per heavy atom. The van der Waals surface area contributed by atoms with Crippen molar-refractivity contribution in [2.75, 3.05) is 19.6 Å². The van der Waals surface area contributed by atoms with Gasteiger partial charge in [0.1, 0.15) is 0 Å². The monoisotopic (exact) mass is 179 g/mol. The molecule has 1 nitrogen and oxygen atoms in total. The van der Waals surface area contributed by atoms with E-state index in [0.717, 1.165) is 0 Å². The molecule has 1 fully saturated rings. The van der Waals surface area contributed by atoms with Crippen LogP contribution in [0.1, 0.15) is 33.1 Å². The van der Waals surface area contributed by atoms with E-state index in [2.05, 4.69) is 37.0 Å². The van der Waals surface area contributed by atoms with Crippen molar-refractivity contribution in [2.45, 2.75) is 33.1 Å². The standard InChI is InChI=1S/C12H21N/c1-3-12(2)8-4-5-9-13-10-6-7-11-13/h3-4,8H,5-7,9-11H2,1-2H3/b8-4-,12-3-. The van der Waals surface area contributed by atoms with Gasteiger partial charge in [-0.15, -0.1) is 0 Å². The Labute approximate surface area is 82.1 Å². The van der Waals surface area contributed by atoms with Crippen molar-refractivity contribution in [3.8, 4) is 0 Å². The highest BCUT2D eigenvalue weighted by molar-refractivity contribution is 5.14. The molecule has 0 spiro atoms. The van der Waals surface area contributed by atoms with Gasteiger partial charge in [-0.2, -0.15) is 0 Å². The van der Waals surface area contributed by atoms with E-state index in [-0.39, 0.29) is 0 Å². The molecule has 0 unspecified atom stereocenters. The third kappa shape index (κ3) is 4.28. The van der Waals surface area contributed by atoms with Crippen LogP contribution in [0.2, 0.25) is 0 Å². The summed E-state index contributed by atoms with van der Waals surface area (Å²) in [7, 11) is 0. The van der Waals surface area contributed by atoms with Gasteiger partial charge in [0.25, 0.3) is 0 Å². The summed E-state index contributed by atoms with van der Waals surface area (Å²) in [6.45, 7) is 8.10. The zero-order valence-electron chi connectivity index (χ0n) is 8.92. The highest BCUT2D eigenvalue weighted by Gasteiger charge is 2.08. The minimum absolute atomic E-state index is 1.20. The molecule has 0 bridgehead atoms. The Balaban J connectivity index is 2.09. The molecule has 0 N–H and O–H groups in total. The lowest BCUT2D eigenvalue weighted by Crippen LogP contribution is -2.19. The fourth-order valence-electron chi connectivity index (χ4n) is 1.63. The third-order valence-electron chi connectivity index (χ3n) is 2.65. The first-order valence-corrected chi connectivity index (χ1v) is 5.34. The van der Waals surface area contributed by atoms with Gasteiger partial charge in [0.2, 0.25) is 0 Å². The molecule has 0 saturated carbocycles. The normalized spacial score (nSPS) is 20.3. The molecule has 0 aromatic rings. The Morgan fingerprint density at radius 2 is 2.00 bits per heavy atom. The topological polar surface area (TPSA) is 3.24 Å². The Morgan fingerprint density at radius 1 is 1.31 bits per heavy atom. The molecule has 1 heteroatoms. The van der Waals surface area contributed by atoms with Crippen molar-refractivity contribution in [1.82, 2.24) is 4.90 Å². The molecular formula is C12H21N. The van der Waals surface area contributed by atoms with Crippen LogP contribution in [0.3, 0.4) is 0 Å². The van der Waals surface area contributed by atoms with E-state index in [9.17, 15) is 0 Å². The molecule has 1 heterocycles. The summed E-state index contributed by atoms with van der Waals surface area (Å²) in [6.07, 6.45) is 10.6. The average molecular weight is 179 g/mol. The van der Waals surface area contributed by atoms with Gasteiger partial charge in [0, 0.05) is 6.54 Å². The van der Waals surface area contributed by atoms with Gasteiger partial charge in [-0.25, -0.2) is 0 Å². The maximum Gasteiger partial charge on any atom is 0.00160 e. The maximum atomic E-state index is 2.55.